The number of aliphatic carboxylic acids is 1. The summed E-state index contributed by atoms with van der Waals surface area (Å²) in [4.78, 5) is 24.8. The van der Waals surface area contributed by atoms with Crippen LogP contribution in [0.2, 0.25) is 0 Å². The Morgan fingerprint density at radius 2 is 2.05 bits per heavy atom. The van der Waals surface area contributed by atoms with Gasteiger partial charge >= 0.3 is 12.0 Å². The Morgan fingerprint density at radius 3 is 2.81 bits per heavy atom. The summed E-state index contributed by atoms with van der Waals surface area (Å²) in [5, 5.41) is 12.0. The number of hydrogen-bond acceptors (Lipinski definition) is 3. The van der Waals surface area contributed by atoms with Crippen LogP contribution < -0.4 is 5.32 Å². The number of nitrogens with zero attached hydrogens (tertiary/aromatic N) is 1. The summed E-state index contributed by atoms with van der Waals surface area (Å²) in [6, 6.07) is 0.160. The fourth-order valence-electron chi connectivity index (χ4n) is 3.18. The van der Waals surface area contributed by atoms with E-state index in [1.807, 2.05) is 0 Å². The van der Waals surface area contributed by atoms with E-state index in [9.17, 15) is 9.59 Å². The summed E-state index contributed by atoms with van der Waals surface area (Å²) in [6.07, 6.45) is 5.41. The molecule has 6 nitrogen and oxygen atoms in total. The van der Waals surface area contributed by atoms with Crippen molar-refractivity contribution in [3.8, 4) is 0 Å². The van der Waals surface area contributed by atoms with Crippen molar-refractivity contribution in [2.45, 2.75) is 57.6 Å². The molecule has 2 amide bonds. The second-order valence-electron chi connectivity index (χ2n) is 6.21. The second-order valence-corrected chi connectivity index (χ2v) is 6.21. The summed E-state index contributed by atoms with van der Waals surface area (Å²) < 4.78 is 5.40. The molecule has 1 saturated carbocycles. The number of carbonyl (C=O) groups is 2. The summed E-state index contributed by atoms with van der Waals surface area (Å²) in [5.41, 5.74) is 0. The van der Waals surface area contributed by atoms with Crippen LogP contribution >= 0.6 is 0 Å². The van der Waals surface area contributed by atoms with E-state index in [0.717, 1.165) is 12.8 Å². The van der Waals surface area contributed by atoms with Gasteiger partial charge in [-0.3, -0.25) is 4.79 Å². The summed E-state index contributed by atoms with van der Waals surface area (Å²) in [5.74, 6) is -0.382. The quantitative estimate of drug-likeness (QED) is 0.779. The maximum atomic E-state index is 12.4. The van der Waals surface area contributed by atoms with Crippen LogP contribution in [-0.4, -0.2) is 53.8 Å². The number of urea groups is 1. The van der Waals surface area contributed by atoms with Gasteiger partial charge in [-0.05, 0) is 18.8 Å². The lowest BCUT2D eigenvalue weighted by atomic mass is 9.97. The molecular weight excluding hydrogens is 272 g/mol. The van der Waals surface area contributed by atoms with Crippen molar-refractivity contribution in [3.63, 3.8) is 0 Å². The van der Waals surface area contributed by atoms with Crippen molar-refractivity contribution >= 4 is 12.0 Å². The van der Waals surface area contributed by atoms with Gasteiger partial charge in [0.15, 0.2) is 0 Å². The van der Waals surface area contributed by atoms with E-state index < -0.39 is 12.1 Å². The maximum Gasteiger partial charge on any atom is 0.317 e. The van der Waals surface area contributed by atoms with Crippen LogP contribution in [-0.2, 0) is 9.53 Å². The van der Waals surface area contributed by atoms with Crippen molar-refractivity contribution in [2.24, 2.45) is 5.92 Å². The summed E-state index contributed by atoms with van der Waals surface area (Å²) >= 11 is 0. The molecule has 120 valence electrons. The highest BCUT2D eigenvalue weighted by Crippen LogP contribution is 2.23. The number of amides is 2. The monoisotopic (exact) mass is 298 g/mol. The molecule has 2 fully saturated rings. The lowest BCUT2D eigenvalue weighted by molar-refractivity contribution is -0.141. The molecule has 2 aliphatic rings. The van der Waals surface area contributed by atoms with Crippen molar-refractivity contribution in [3.05, 3.63) is 0 Å². The van der Waals surface area contributed by atoms with Gasteiger partial charge < -0.3 is 20.1 Å². The van der Waals surface area contributed by atoms with E-state index in [1.165, 1.54) is 19.3 Å². The lowest BCUT2D eigenvalue weighted by Crippen LogP contribution is -2.53. The van der Waals surface area contributed by atoms with Gasteiger partial charge in [-0.2, -0.15) is 0 Å². The van der Waals surface area contributed by atoms with Crippen LogP contribution in [0.25, 0.3) is 0 Å². The van der Waals surface area contributed by atoms with Gasteiger partial charge in [-0.1, -0.05) is 26.2 Å². The summed E-state index contributed by atoms with van der Waals surface area (Å²) in [6.45, 7) is 3.50. The van der Waals surface area contributed by atoms with E-state index >= 15 is 0 Å². The zero-order chi connectivity index (χ0) is 15.2. The van der Waals surface area contributed by atoms with E-state index in [0.29, 0.717) is 25.6 Å². The van der Waals surface area contributed by atoms with Crippen molar-refractivity contribution in [1.29, 1.82) is 0 Å². The molecule has 0 spiro atoms. The minimum Gasteiger partial charge on any atom is -0.481 e. The average molecular weight is 298 g/mol. The average Bonchev–Trinajstić information content (AvgIpc) is 2.64. The first-order valence-electron chi connectivity index (χ1n) is 7.95. The van der Waals surface area contributed by atoms with E-state index in [1.54, 1.807) is 4.90 Å². The zero-order valence-electron chi connectivity index (χ0n) is 12.7. The molecule has 21 heavy (non-hydrogen) atoms. The lowest BCUT2D eigenvalue weighted by Gasteiger charge is -2.34. The van der Waals surface area contributed by atoms with Gasteiger partial charge in [0.05, 0.1) is 19.1 Å². The normalized spacial score (nSPS) is 30.5. The third-order valence-electron chi connectivity index (χ3n) is 4.50. The van der Waals surface area contributed by atoms with Gasteiger partial charge in [-0.15, -0.1) is 0 Å². The van der Waals surface area contributed by atoms with Crippen molar-refractivity contribution in [2.75, 3.05) is 19.7 Å². The minimum absolute atomic E-state index is 0.0520. The van der Waals surface area contributed by atoms with Crippen molar-refractivity contribution < 1.29 is 19.4 Å². The van der Waals surface area contributed by atoms with Crippen LogP contribution in [0.3, 0.4) is 0 Å². The topological polar surface area (TPSA) is 78.9 Å². The predicted octanol–water partition coefficient (Wildman–Crippen LogP) is 1.84. The number of ether oxygens (including phenoxy) is 1. The van der Waals surface area contributed by atoms with Crippen molar-refractivity contribution in [1.82, 2.24) is 10.2 Å². The van der Waals surface area contributed by atoms with E-state index in [2.05, 4.69) is 12.2 Å². The molecule has 0 bridgehead atoms. The van der Waals surface area contributed by atoms with Gasteiger partial charge in [0, 0.05) is 19.1 Å². The number of carboxylic acids is 1. The number of nitrogens with one attached hydrogen (secondary N) is 1. The molecule has 0 aromatic carbocycles. The number of carbonyl (C=O) groups excluding carboxylic acids is 1. The van der Waals surface area contributed by atoms with Crippen LogP contribution in [0.4, 0.5) is 4.79 Å². The number of morpholine rings is 1. The third kappa shape index (κ3) is 4.88. The molecule has 6 heteroatoms. The zero-order valence-corrected chi connectivity index (χ0v) is 12.7. The van der Waals surface area contributed by atoms with Crippen LogP contribution in [0.5, 0.6) is 0 Å². The molecule has 3 atom stereocenters. The highest BCUT2D eigenvalue weighted by atomic mass is 16.5. The Hall–Kier alpha value is -1.30. The molecule has 1 saturated heterocycles. The maximum absolute atomic E-state index is 12.4. The van der Waals surface area contributed by atoms with Crippen LogP contribution in [0.15, 0.2) is 0 Å². The Kier molecular flexibility index (Phi) is 5.85. The molecule has 1 heterocycles. The highest BCUT2D eigenvalue weighted by Gasteiger charge is 2.28. The Bertz CT molecular complexity index is 375. The third-order valence-corrected chi connectivity index (χ3v) is 4.50. The van der Waals surface area contributed by atoms with Gasteiger partial charge in [0.1, 0.15) is 0 Å². The fourth-order valence-corrected chi connectivity index (χ4v) is 3.18. The largest absolute Gasteiger partial charge is 0.481 e. The number of carboxylic acid groups (broad SMARTS) is 1. The first-order valence-corrected chi connectivity index (χ1v) is 7.95. The highest BCUT2D eigenvalue weighted by molar-refractivity contribution is 5.75. The standard InChI is InChI=1S/C15H26N2O4/c1-11-5-3-2-4-6-13(11)16-15(20)17-7-8-21-12(10-17)9-14(18)19/h11-13H,2-10H2,1H3,(H,16,20)(H,18,19). The molecule has 2 rings (SSSR count). The van der Waals surface area contributed by atoms with Crippen LogP contribution in [0.1, 0.15) is 45.4 Å². The number of rotatable bonds is 3. The molecule has 0 radical (unpaired) electrons. The van der Waals surface area contributed by atoms with E-state index in [-0.39, 0.29) is 18.5 Å². The first-order chi connectivity index (χ1) is 10.1. The predicted molar refractivity (Wildman–Crippen MR) is 78.1 cm³/mol. The van der Waals surface area contributed by atoms with Gasteiger partial charge in [0.2, 0.25) is 0 Å². The Morgan fingerprint density at radius 1 is 1.29 bits per heavy atom. The molecule has 1 aliphatic heterocycles. The smallest absolute Gasteiger partial charge is 0.317 e. The second kappa shape index (κ2) is 7.64. The van der Waals surface area contributed by atoms with E-state index in [4.69, 9.17) is 9.84 Å². The first kappa shape index (κ1) is 16.1. The summed E-state index contributed by atoms with van der Waals surface area (Å²) in [7, 11) is 0. The SMILES string of the molecule is CC1CCCCCC1NC(=O)N1CCOC(CC(=O)O)C1. The van der Waals surface area contributed by atoms with Crippen LogP contribution in [0, 0.1) is 5.92 Å². The molecular formula is C15H26N2O4. The van der Waals surface area contributed by atoms with Gasteiger partial charge in [-0.25, -0.2) is 4.79 Å². The fraction of sp³-hybridized carbons (Fsp3) is 0.867. The minimum atomic E-state index is -0.889. The Balaban J connectivity index is 1.85. The molecule has 3 unspecified atom stereocenters. The molecule has 0 aromatic rings. The molecule has 0 aromatic heterocycles. The van der Waals surface area contributed by atoms with Gasteiger partial charge in [0.25, 0.3) is 0 Å². The Labute approximate surface area is 125 Å². The molecule has 2 N–H and O–H groups in total. The number of hydrogen-bond donors (Lipinski definition) is 2. The molecule has 1 aliphatic carbocycles.